The van der Waals surface area contributed by atoms with Crippen LogP contribution in [0, 0.1) is 0 Å². The Kier molecular flexibility index (Phi) is 3.77. The first-order valence-electron chi connectivity index (χ1n) is 5.97. The Balaban J connectivity index is 1.80. The Labute approximate surface area is 101 Å². The van der Waals surface area contributed by atoms with Gasteiger partial charge in [0.15, 0.2) is 0 Å². The number of hydrogen-bond acceptors (Lipinski definition) is 4. The van der Waals surface area contributed by atoms with Crippen molar-refractivity contribution < 1.29 is 9.90 Å². The minimum Gasteiger partial charge on any atom is -0.386 e. The molecule has 0 aromatic carbocycles. The third kappa shape index (κ3) is 2.52. The first-order chi connectivity index (χ1) is 7.64. The van der Waals surface area contributed by atoms with Gasteiger partial charge in [0.2, 0.25) is 5.91 Å². The molecule has 16 heavy (non-hydrogen) atoms. The van der Waals surface area contributed by atoms with E-state index in [1.807, 2.05) is 11.8 Å². The molecule has 4 nitrogen and oxygen atoms in total. The fourth-order valence-corrected chi connectivity index (χ4v) is 3.31. The highest BCUT2D eigenvalue weighted by molar-refractivity contribution is 7.99. The number of hydrogen-bond donors (Lipinski definition) is 2. The van der Waals surface area contributed by atoms with Crippen LogP contribution in [0.4, 0.5) is 0 Å². The molecule has 0 aromatic heterocycles. The SMILES string of the molecule is CCCC1(O)CN(C(=O)C2CSCCN2)C1. The van der Waals surface area contributed by atoms with Gasteiger partial charge in [0, 0.05) is 18.1 Å². The first kappa shape index (κ1) is 12.2. The van der Waals surface area contributed by atoms with Gasteiger partial charge in [-0.25, -0.2) is 0 Å². The van der Waals surface area contributed by atoms with Gasteiger partial charge in [-0.15, -0.1) is 0 Å². The van der Waals surface area contributed by atoms with E-state index in [9.17, 15) is 9.90 Å². The maximum absolute atomic E-state index is 12.0. The van der Waals surface area contributed by atoms with Crippen molar-refractivity contribution in [1.82, 2.24) is 10.2 Å². The molecule has 2 saturated heterocycles. The molecule has 2 fully saturated rings. The van der Waals surface area contributed by atoms with Gasteiger partial charge in [0.1, 0.15) is 0 Å². The van der Waals surface area contributed by atoms with Crippen LogP contribution >= 0.6 is 11.8 Å². The minimum absolute atomic E-state index is 0.0371. The second kappa shape index (κ2) is 4.94. The van der Waals surface area contributed by atoms with E-state index in [0.29, 0.717) is 13.1 Å². The predicted octanol–water partition coefficient (Wildman–Crippen LogP) is 0.0648. The van der Waals surface area contributed by atoms with Gasteiger partial charge in [-0.05, 0) is 6.42 Å². The number of nitrogens with zero attached hydrogens (tertiary/aromatic N) is 1. The van der Waals surface area contributed by atoms with Crippen molar-refractivity contribution in [3.05, 3.63) is 0 Å². The van der Waals surface area contributed by atoms with Gasteiger partial charge >= 0.3 is 0 Å². The van der Waals surface area contributed by atoms with Gasteiger partial charge in [-0.2, -0.15) is 11.8 Å². The molecule has 2 N–H and O–H groups in total. The fourth-order valence-electron chi connectivity index (χ4n) is 2.39. The fraction of sp³-hybridized carbons (Fsp3) is 0.909. The number of thioether (sulfide) groups is 1. The number of nitrogens with one attached hydrogen (secondary N) is 1. The molecule has 2 rings (SSSR count). The summed E-state index contributed by atoms with van der Waals surface area (Å²) < 4.78 is 0. The van der Waals surface area contributed by atoms with E-state index in [4.69, 9.17) is 0 Å². The summed E-state index contributed by atoms with van der Waals surface area (Å²) in [5, 5.41) is 13.2. The molecule has 0 aromatic rings. The number of carbonyl (C=O) groups excluding carboxylic acids is 1. The van der Waals surface area contributed by atoms with Crippen molar-refractivity contribution in [2.75, 3.05) is 31.1 Å². The van der Waals surface area contributed by atoms with Crippen LogP contribution in [0.3, 0.4) is 0 Å². The first-order valence-corrected chi connectivity index (χ1v) is 7.12. The van der Waals surface area contributed by atoms with Crippen LogP contribution < -0.4 is 5.32 Å². The Bertz CT molecular complexity index is 261. The molecule has 1 unspecified atom stereocenters. The van der Waals surface area contributed by atoms with Gasteiger partial charge in [0.05, 0.1) is 24.7 Å². The van der Waals surface area contributed by atoms with Crippen molar-refractivity contribution in [2.24, 2.45) is 0 Å². The molecule has 5 heteroatoms. The molecule has 0 saturated carbocycles. The van der Waals surface area contributed by atoms with Crippen molar-refractivity contribution in [2.45, 2.75) is 31.4 Å². The van der Waals surface area contributed by atoms with E-state index in [1.54, 1.807) is 4.90 Å². The molecule has 2 aliphatic heterocycles. The summed E-state index contributed by atoms with van der Waals surface area (Å²) in [6.45, 7) is 4.00. The number of aliphatic hydroxyl groups is 1. The molecule has 0 spiro atoms. The average Bonchev–Trinajstić information content (AvgIpc) is 2.26. The second-order valence-corrected chi connectivity index (χ2v) is 5.90. The monoisotopic (exact) mass is 244 g/mol. The topological polar surface area (TPSA) is 52.6 Å². The summed E-state index contributed by atoms with van der Waals surface area (Å²) >= 11 is 1.82. The van der Waals surface area contributed by atoms with Crippen LogP contribution in [0.5, 0.6) is 0 Å². The number of likely N-dealkylation sites (tertiary alicyclic amines) is 1. The number of β-amino-alcohol motifs (C(OH)–C–C–N with tert-alkyl or cyclic N) is 1. The van der Waals surface area contributed by atoms with Crippen LogP contribution in [0.2, 0.25) is 0 Å². The zero-order valence-corrected chi connectivity index (χ0v) is 10.6. The second-order valence-electron chi connectivity index (χ2n) is 4.75. The van der Waals surface area contributed by atoms with Crippen molar-refractivity contribution in [3.63, 3.8) is 0 Å². The lowest BCUT2D eigenvalue weighted by molar-refractivity contribution is -0.158. The van der Waals surface area contributed by atoms with Crippen molar-refractivity contribution in [3.8, 4) is 0 Å². The number of amides is 1. The average molecular weight is 244 g/mol. The zero-order valence-electron chi connectivity index (χ0n) is 9.74. The lowest BCUT2D eigenvalue weighted by atomic mass is 9.89. The molecule has 0 radical (unpaired) electrons. The summed E-state index contributed by atoms with van der Waals surface area (Å²) in [6, 6.07) is -0.0371. The maximum atomic E-state index is 12.0. The quantitative estimate of drug-likeness (QED) is 0.737. The summed E-state index contributed by atoms with van der Waals surface area (Å²) in [7, 11) is 0. The van der Waals surface area contributed by atoms with E-state index < -0.39 is 5.60 Å². The van der Waals surface area contributed by atoms with Crippen LogP contribution in [-0.4, -0.2) is 58.7 Å². The molecule has 2 aliphatic rings. The van der Waals surface area contributed by atoms with Gasteiger partial charge < -0.3 is 15.3 Å². The standard InChI is InChI=1S/C11H20N2O2S/c1-2-3-11(15)7-13(8-11)10(14)9-6-16-5-4-12-9/h9,12,15H,2-8H2,1H3. The lowest BCUT2D eigenvalue weighted by Gasteiger charge is -2.48. The third-order valence-corrected chi connectivity index (χ3v) is 4.28. The molecule has 1 atom stereocenters. The molecule has 2 heterocycles. The van der Waals surface area contributed by atoms with E-state index in [-0.39, 0.29) is 11.9 Å². The highest BCUT2D eigenvalue weighted by atomic mass is 32.2. The summed E-state index contributed by atoms with van der Waals surface area (Å²) in [5.41, 5.74) is -0.605. The van der Waals surface area contributed by atoms with E-state index in [2.05, 4.69) is 12.2 Å². The van der Waals surface area contributed by atoms with Crippen LogP contribution in [0.1, 0.15) is 19.8 Å². The van der Waals surface area contributed by atoms with Gasteiger partial charge in [0.25, 0.3) is 0 Å². The Morgan fingerprint density at radius 1 is 1.62 bits per heavy atom. The molecule has 92 valence electrons. The predicted molar refractivity (Wildman–Crippen MR) is 65.6 cm³/mol. The normalized spacial score (nSPS) is 28.6. The maximum Gasteiger partial charge on any atom is 0.240 e. The van der Waals surface area contributed by atoms with E-state index in [1.165, 1.54) is 0 Å². The van der Waals surface area contributed by atoms with Crippen molar-refractivity contribution in [1.29, 1.82) is 0 Å². The highest BCUT2D eigenvalue weighted by Gasteiger charge is 2.44. The Morgan fingerprint density at radius 3 is 2.94 bits per heavy atom. The lowest BCUT2D eigenvalue weighted by Crippen LogP contribution is -2.66. The van der Waals surface area contributed by atoms with Crippen molar-refractivity contribution >= 4 is 17.7 Å². The summed E-state index contributed by atoms with van der Waals surface area (Å²) in [5.74, 6) is 2.11. The number of carbonyl (C=O) groups is 1. The molecule has 1 amide bonds. The minimum atomic E-state index is -0.605. The molecular formula is C11H20N2O2S. The molecule has 0 bridgehead atoms. The zero-order chi connectivity index (χ0) is 11.6. The van der Waals surface area contributed by atoms with E-state index in [0.717, 1.165) is 30.9 Å². The summed E-state index contributed by atoms with van der Waals surface area (Å²) in [4.78, 5) is 13.8. The Morgan fingerprint density at radius 2 is 2.38 bits per heavy atom. The highest BCUT2D eigenvalue weighted by Crippen LogP contribution is 2.26. The molecular weight excluding hydrogens is 224 g/mol. The molecule has 0 aliphatic carbocycles. The largest absolute Gasteiger partial charge is 0.386 e. The smallest absolute Gasteiger partial charge is 0.240 e. The Hall–Kier alpha value is -0.260. The van der Waals surface area contributed by atoms with Gasteiger partial charge in [-0.1, -0.05) is 13.3 Å². The van der Waals surface area contributed by atoms with Crippen LogP contribution in [-0.2, 0) is 4.79 Å². The third-order valence-electron chi connectivity index (χ3n) is 3.22. The van der Waals surface area contributed by atoms with Crippen LogP contribution in [0.25, 0.3) is 0 Å². The van der Waals surface area contributed by atoms with Crippen LogP contribution in [0.15, 0.2) is 0 Å². The van der Waals surface area contributed by atoms with E-state index >= 15 is 0 Å². The van der Waals surface area contributed by atoms with Gasteiger partial charge in [-0.3, -0.25) is 4.79 Å². The summed E-state index contributed by atoms with van der Waals surface area (Å²) in [6.07, 6.45) is 1.76. The number of rotatable bonds is 3.